The molecule has 2 N–H and O–H groups in total. The molecule has 0 unspecified atom stereocenters. The Labute approximate surface area is 111 Å². The lowest BCUT2D eigenvalue weighted by atomic mass is 10.2. The van der Waals surface area contributed by atoms with Crippen LogP contribution in [0.4, 0.5) is 11.4 Å². The second-order valence-corrected chi connectivity index (χ2v) is 4.25. The van der Waals surface area contributed by atoms with Crippen LogP contribution in [0.1, 0.15) is 13.8 Å². The number of carbonyl (C=O) groups is 1. The number of methoxy groups -OCH3 is 1. The minimum absolute atomic E-state index is 0.0441. The number of nitrogens with zero attached hydrogens (tertiary/aromatic N) is 1. The lowest BCUT2D eigenvalue weighted by Gasteiger charge is -2.10. The number of anilines is 1. The molecule has 19 heavy (non-hydrogen) atoms. The SMILES string of the molecule is COc1cc(NCC(=O)NC(C)C)cc([N+](=O)[O-])c1. The highest BCUT2D eigenvalue weighted by molar-refractivity contribution is 5.81. The number of carbonyl (C=O) groups excluding carboxylic acids is 1. The van der Waals surface area contributed by atoms with Gasteiger partial charge in [-0.15, -0.1) is 0 Å². The van der Waals surface area contributed by atoms with E-state index in [-0.39, 0.29) is 24.2 Å². The molecular formula is C12H17N3O4. The maximum Gasteiger partial charge on any atom is 0.275 e. The van der Waals surface area contributed by atoms with Crippen LogP contribution in [0.5, 0.6) is 5.75 Å². The second kappa shape index (κ2) is 6.58. The van der Waals surface area contributed by atoms with Gasteiger partial charge in [-0.05, 0) is 13.8 Å². The van der Waals surface area contributed by atoms with E-state index in [1.165, 1.54) is 19.2 Å². The van der Waals surface area contributed by atoms with E-state index in [0.29, 0.717) is 11.4 Å². The first-order valence-electron chi connectivity index (χ1n) is 5.79. The summed E-state index contributed by atoms with van der Waals surface area (Å²) < 4.78 is 4.97. The Bertz CT molecular complexity index is 474. The Morgan fingerprint density at radius 1 is 1.42 bits per heavy atom. The van der Waals surface area contributed by atoms with Crippen molar-refractivity contribution >= 4 is 17.3 Å². The number of amides is 1. The molecule has 0 bridgehead atoms. The first-order valence-corrected chi connectivity index (χ1v) is 5.79. The van der Waals surface area contributed by atoms with Gasteiger partial charge in [0.25, 0.3) is 5.69 Å². The predicted molar refractivity (Wildman–Crippen MR) is 71.4 cm³/mol. The molecule has 0 heterocycles. The summed E-state index contributed by atoms with van der Waals surface area (Å²) in [7, 11) is 1.42. The highest BCUT2D eigenvalue weighted by atomic mass is 16.6. The molecule has 0 aliphatic heterocycles. The summed E-state index contributed by atoms with van der Waals surface area (Å²) in [5, 5.41) is 16.3. The van der Waals surface area contributed by atoms with Crippen LogP contribution >= 0.6 is 0 Å². The van der Waals surface area contributed by atoms with Gasteiger partial charge in [-0.1, -0.05) is 0 Å². The Hall–Kier alpha value is -2.31. The van der Waals surface area contributed by atoms with Gasteiger partial charge >= 0.3 is 0 Å². The van der Waals surface area contributed by atoms with E-state index in [2.05, 4.69) is 10.6 Å². The lowest BCUT2D eigenvalue weighted by molar-refractivity contribution is -0.384. The summed E-state index contributed by atoms with van der Waals surface area (Å²) in [6, 6.07) is 4.31. The molecule has 1 aromatic carbocycles. The molecule has 0 saturated carbocycles. The van der Waals surface area contributed by atoms with Crippen molar-refractivity contribution in [3.05, 3.63) is 28.3 Å². The molecule has 0 spiro atoms. The van der Waals surface area contributed by atoms with E-state index in [1.54, 1.807) is 6.07 Å². The van der Waals surface area contributed by atoms with Gasteiger partial charge in [0.2, 0.25) is 5.91 Å². The maximum atomic E-state index is 11.5. The second-order valence-electron chi connectivity index (χ2n) is 4.25. The summed E-state index contributed by atoms with van der Waals surface area (Å²) in [6.07, 6.45) is 0. The van der Waals surface area contributed by atoms with E-state index in [1.807, 2.05) is 13.8 Å². The van der Waals surface area contributed by atoms with Crippen molar-refractivity contribution < 1.29 is 14.5 Å². The van der Waals surface area contributed by atoms with Crippen molar-refractivity contribution in [2.24, 2.45) is 0 Å². The number of ether oxygens (including phenoxy) is 1. The molecule has 0 saturated heterocycles. The summed E-state index contributed by atoms with van der Waals surface area (Å²) in [5.74, 6) is 0.182. The summed E-state index contributed by atoms with van der Waals surface area (Å²) >= 11 is 0. The van der Waals surface area contributed by atoms with Crippen LogP contribution in [0.25, 0.3) is 0 Å². The van der Waals surface area contributed by atoms with E-state index in [9.17, 15) is 14.9 Å². The van der Waals surface area contributed by atoms with E-state index >= 15 is 0 Å². The zero-order chi connectivity index (χ0) is 14.4. The Morgan fingerprint density at radius 3 is 2.63 bits per heavy atom. The average molecular weight is 267 g/mol. The fourth-order valence-corrected chi connectivity index (χ4v) is 1.46. The Kier molecular flexibility index (Phi) is 5.11. The van der Waals surface area contributed by atoms with Crippen molar-refractivity contribution in [2.75, 3.05) is 19.0 Å². The van der Waals surface area contributed by atoms with Crippen LogP contribution < -0.4 is 15.4 Å². The molecule has 1 rings (SSSR count). The van der Waals surface area contributed by atoms with Crippen molar-refractivity contribution in [3.8, 4) is 5.75 Å². The molecular weight excluding hydrogens is 250 g/mol. The molecule has 7 nitrogen and oxygen atoms in total. The van der Waals surface area contributed by atoms with Gasteiger partial charge in [0.05, 0.1) is 24.6 Å². The summed E-state index contributed by atoms with van der Waals surface area (Å²) in [6.45, 7) is 3.76. The van der Waals surface area contributed by atoms with Crippen molar-refractivity contribution in [2.45, 2.75) is 19.9 Å². The molecule has 1 amide bonds. The largest absolute Gasteiger partial charge is 0.496 e. The fraction of sp³-hybridized carbons (Fsp3) is 0.417. The molecule has 0 aliphatic carbocycles. The molecule has 0 atom stereocenters. The van der Waals surface area contributed by atoms with Crippen LogP contribution in [0.3, 0.4) is 0 Å². The van der Waals surface area contributed by atoms with E-state index in [4.69, 9.17) is 4.74 Å². The number of benzene rings is 1. The molecule has 0 aliphatic rings. The summed E-state index contributed by atoms with van der Waals surface area (Å²) in [4.78, 5) is 21.7. The number of rotatable bonds is 6. The van der Waals surface area contributed by atoms with Crippen LogP contribution in [-0.4, -0.2) is 30.5 Å². The van der Waals surface area contributed by atoms with Gasteiger partial charge in [-0.3, -0.25) is 14.9 Å². The minimum atomic E-state index is -0.512. The molecule has 0 fully saturated rings. The fourth-order valence-electron chi connectivity index (χ4n) is 1.46. The smallest absolute Gasteiger partial charge is 0.275 e. The predicted octanol–water partition coefficient (Wildman–Crippen LogP) is 1.54. The molecule has 7 heteroatoms. The first kappa shape index (κ1) is 14.7. The standard InChI is InChI=1S/C12H17N3O4/c1-8(2)14-12(16)7-13-9-4-10(15(17)18)6-11(5-9)19-3/h4-6,8,13H,7H2,1-3H3,(H,14,16). The minimum Gasteiger partial charge on any atom is -0.496 e. The lowest BCUT2D eigenvalue weighted by Crippen LogP contribution is -2.34. The van der Waals surface area contributed by atoms with Crippen molar-refractivity contribution in [1.82, 2.24) is 5.32 Å². The Balaban J connectivity index is 2.75. The maximum absolute atomic E-state index is 11.5. The first-order chi connectivity index (χ1) is 8.92. The van der Waals surface area contributed by atoms with Gasteiger partial charge in [0.1, 0.15) is 5.75 Å². The quantitative estimate of drug-likeness (QED) is 0.602. The van der Waals surface area contributed by atoms with Gasteiger partial charge in [0.15, 0.2) is 0 Å². The van der Waals surface area contributed by atoms with E-state index < -0.39 is 4.92 Å². The number of non-ortho nitro benzene ring substituents is 1. The van der Waals surface area contributed by atoms with Gasteiger partial charge in [0, 0.05) is 23.9 Å². The summed E-state index contributed by atoms with van der Waals surface area (Å²) in [5.41, 5.74) is 0.371. The van der Waals surface area contributed by atoms with E-state index in [0.717, 1.165) is 0 Å². The molecule has 104 valence electrons. The third-order valence-electron chi connectivity index (χ3n) is 2.24. The number of nitrogens with one attached hydrogen (secondary N) is 2. The Morgan fingerprint density at radius 2 is 2.11 bits per heavy atom. The number of hydrogen-bond donors (Lipinski definition) is 2. The number of nitro benzene ring substituents is 1. The highest BCUT2D eigenvalue weighted by Crippen LogP contribution is 2.25. The number of nitro groups is 1. The monoisotopic (exact) mass is 267 g/mol. The van der Waals surface area contributed by atoms with Gasteiger partial charge < -0.3 is 15.4 Å². The third-order valence-corrected chi connectivity index (χ3v) is 2.24. The number of hydrogen-bond acceptors (Lipinski definition) is 5. The van der Waals surface area contributed by atoms with Gasteiger partial charge in [-0.2, -0.15) is 0 Å². The molecule has 0 radical (unpaired) electrons. The topological polar surface area (TPSA) is 93.5 Å². The highest BCUT2D eigenvalue weighted by Gasteiger charge is 2.11. The van der Waals surface area contributed by atoms with Crippen LogP contribution in [0, 0.1) is 10.1 Å². The zero-order valence-electron chi connectivity index (χ0n) is 11.1. The molecule has 1 aromatic rings. The average Bonchev–Trinajstić information content (AvgIpc) is 2.35. The zero-order valence-corrected chi connectivity index (χ0v) is 11.1. The van der Waals surface area contributed by atoms with Crippen LogP contribution in [0.15, 0.2) is 18.2 Å². The van der Waals surface area contributed by atoms with Crippen molar-refractivity contribution in [1.29, 1.82) is 0 Å². The van der Waals surface area contributed by atoms with Crippen LogP contribution in [-0.2, 0) is 4.79 Å². The molecule has 0 aromatic heterocycles. The van der Waals surface area contributed by atoms with Gasteiger partial charge in [-0.25, -0.2) is 0 Å². The normalized spacial score (nSPS) is 10.1. The van der Waals surface area contributed by atoms with Crippen molar-refractivity contribution in [3.63, 3.8) is 0 Å². The van der Waals surface area contributed by atoms with Crippen LogP contribution in [0.2, 0.25) is 0 Å². The third kappa shape index (κ3) is 4.82.